The van der Waals surface area contributed by atoms with Crippen LogP contribution < -0.4 is 5.32 Å². The van der Waals surface area contributed by atoms with Gasteiger partial charge in [-0.15, -0.1) is 0 Å². The second kappa shape index (κ2) is 7.26. The molecule has 0 aliphatic heterocycles. The molecule has 0 aromatic heterocycles. The highest BCUT2D eigenvalue weighted by Gasteiger charge is 2.26. The lowest BCUT2D eigenvalue weighted by Gasteiger charge is -2.32. The van der Waals surface area contributed by atoms with E-state index in [1.54, 1.807) is 16.7 Å². The summed E-state index contributed by atoms with van der Waals surface area (Å²) in [6.07, 6.45) is 8.91. The summed E-state index contributed by atoms with van der Waals surface area (Å²) in [6, 6.07) is 7.25. The summed E-state index contributed by atoms with van der Waals surface area (Å²) in [5.41, 5.74) is 5.19. The minimum absolute atomic E-state index is 0.433. The van der Waals surface area contributed by atoms with Crippen molar-refractivity contribution in [3.8, 4) is 0 Å². The smallest absolute Gasteiger partial charge is 0.00108 e. The minimum atomic E-state index is 0.433. The van der Waals surface area contributed by atoms with Crippen molar-refractivity contribution in [1.29, 1.82) is 0 Å². The summed E-state index contributed by atoms with van der Waals surface area (Å²) >= 11 is 0. The Labute approximate surface area is 125 Å². The van der Waals surface area contributed by atoms with Gasteiger partial charge in [-0.3, -0.25) is 0 Å². The molecule has 0 heterocycles. The molecule has 0 bridgehead atoms. The minimum Gasteiger partial charge on any atom is -0.316 e. The summed E-state index contributed by atoms with van der Waals surface area (Å²) in [5, 5.41) is 3.65. The molecule has 0 amide bonds. The fourth-order valence-electron chi connectivity index (χ4n) is 3.51. The van der Waals surface area contributed by atoms with Gasteiger partial charge in [0.15, 0.2) is 0 Å². The normalized spacial score (nSPS) is 14.6. The van der Waals surface area contributed by atoms with Crippen LogP contribution in [-0.2, 0) is 19.3 Å². The summed E-state index contributed by atoms with van der Waals surface area (Å²) in [6.45, 7) is 9.25. The zero-order chi connectivity index (χ0) is 14.4. The van der Waals surface area contributed by atoms with Gasteiger partial charge in [0, 0.05) is 6.54 Å². The van der Waals surface area contributed by atoms with Crippen LogP contribution in [0.5, 0.6) is 0 Å². The molecule has 0 saturated heterocycles. The Balaban J connectivity index is 2.07. The van der Waals surface area contributed by atoms with Crippen molar-refractivity contribution < 1.29 is 0 Å². The molecule has 0 unspecified atom stereocenters. The van der Waals surface area contributed by atoms with Crippen molar-refractivity contribution >= 4 is 0 Å². The van der Waals surface area contributed by atoms with Crippen molar-refractivity contribution in [3.05, 3.63) is 34.9 Å². The van der Waals surface area contributed by atoms with Crippen molar-refractivity contribution in [1.82, 2.24) is 5.32 Å². The first-order chi connectivity index (χ1) is 9.73. The third-order valence-corrected chi connectivity index (χ3v) is 5.17. The molecule has 2 rings (SSSR count). The summed E-state index contributed by atoms with van der Waals surface area (Å²) < 4.78 is 0. The van der Waals surface area contributed by atoms with E-state index in [1.807, 2.05) is 0 Å². The number of fused-ring (bicyclic) bond motifs is 1. The Morgan fingerprint density at radius 3 is 2.50 bits per heavy atom. The number of rotatable bonds is 8. The number of hydrogen-bond acceptors (Lipinski definition) is 1. The predicted molar refractivity (Wildman–Crippen MR) is 88.3 cm³/mol. The van der Waals surface area contributed by atoms with Crippen molar-refractivity contribution in [3.63, 3.8) is 0 Å². The molecular formula is C19H31N. The lowest BCUT2D eigenvalue weighted by molar-refractivity contribution is 0.247. The molecule has 0 saturated carbocycles. The summed E-state index contributed by atoms with van der Waals surface area (Å²) in [4.78, 5) is 0. The van der Waals surface area contributed by atoms with Crippen LogP contribution in [0.4, 0.5) is 0 Å². The van der Waals surface area contributed by atoms with Crippen LogP contribution in [0.15, 0.2) is 18.2 Å². The van der Waals surface area contributed by atoms with Gasteiger partial charge >= 0.3 is 0 Å². The van der Waals surface area contributed by atoms with Crippen LogP contribution in [0, 0.1) is 5.41 Å². The fraction of sp³-hybridized carbons (Fsp3) is 0.684. The van der Waals surface area contributed by atoms with Crippen LogP contribution in [0.3, 0.4) is 0 Å². The van der Waals surface area contributed by atoms with E-state index < -0.39 is 0 Å². The van der Waals surface area contributed by atoms with E-state index in [1.165, 1.54) is 44.9 Å². The Bertz CT molecular complexity index is 418. The van der Waals surface area contributed by atoms with E-state index >= 15 is 0 Å². The Morgan fingerprint density at radius 2 is 1.80 bits per heavy atom. The van der Waals surface area contributed by atoms with Gasteiger partial charge in [-0.25, -0.2) is 0 Å². The first-order valence-electron chi connectivity index (χ1n) is 8.54. The molecule has 1 aliphatic carbocycles. The van der Waals surface area contributed by atoms with E-state index in [9.17, 15) is 0 Å². The van der Waals surface area contributed by atoms with Gasteiger partial charge in [-0.1, -0.05) is 39.0 Å². The molecule has 1 aromatic carbocycles. The quantitative estimate of drug-likeness (QED) is 0.686. The Morgan fingerprint density at radius 1 is 1.05 bits per heavy atom. The molecule has 1 N–H and O–H groups in total. The van der Waals surface area contributed by atoms with E-state index in [0.29, 0.717) is 5.41 Å². The van der Waals surface area contributed by atoms with Gasteiger partial charge in [0.25, 0.3) is 0 Å². The highest BCUT2D eigenvalue weighted by atomic mass is 14.9. The molecule has 1 aliphatic rings. The molecule has 1 heteroatoms. The molecule has 0 atom stereocenters. The fourth-order valence-corrected chi connectivity index (χ4v) is 3.51. The monoisotopic (exact) mass is 273 g/mol. The average molecular weight is 273 g/mol. The second-order valence-corrected chi connectivity index (χ2v) is 6.52. The largest absolute Gasteiger partial charge is 0.316 e. The maximum atomic E-state index is 3.65. The molecule has 1 aromatic rings. The number of hydrogen-bond donors (Lipinski definition) is 1. The second-order valence-electron chi connectivity index (χ2n) is 6.52. The Kier molecular flexibility index (Phi) is 5.65. The van der Waals surface area contributed by atoms with Crippen molar-refractivity contribution in [2.24, 2.45) is 5.41 Å². The number of aryl methyl sites for hydroxylation is 2. The van der Waals surface area contributed by atoms with Gasteiger partial charge in [0.1, 0.15) is 0 Å². The Hall–Kier alpha value is -0.820. The number of nitrogens with one attached hydrogen (secondary N) is 1. The molecule has 20 heavy (non-hydrogen) atoms. The van der Waals surface area contributed by atoms with Gasteiger partial charge in [0.05, 0.1) is 0 Å². The zero-order valence-electron chi connectivity index (χ0n) is 13.6. The molecule has 0 fully saturated rings. The summed E-state index contributed by atoms with van der Waals surface area (Å²) in [7, 11) is 0. The van der Waals surface area contributed by atoms with Crippen LogP contribution >= 0.6 is 0 Å². The van der Waals surface area contributed by atoms with E-state index in [-0.39, 0.29) is 0 Å². The maximum Gasteiger partial charge on any atom is 0.00108 e. The van der Waals surface area contributed by atoms with E-state index in [0.717, 1.165) is 13.1 Å². The number of benzene rings is 1. The standard InChI is InChI=1S/C19H31N/c1-4-12-20-15-19(5-2,6-3)14-16-10-11-17-8-7-9-18(17)13-16/h10-11,13,20H,4-9,12,14-15H2,1-3H3. The highest BCUT2D eigenvalue weighted by Crippen LogP contribution is 2.32. The van der Waals surface area contributed by atoms with Crippen LogP contribution in [-0.4, -0.2) is 13.1 Å². The molecular weight excluding hydrogens is 242 g/mol. The lowest BCUT2D eigenvalue weighted by Crippen LogP contribution is -2.35. The van der Waals surface area contributed by atoms with Crippen LogP contribution in [0.25, 0.3) is 0 Å². The third-order valence-electron chi connectivity index (χ3n) is 5.17. The summed E-state index contributed by atoms with van der Waals surface area (Å²) in [5.74, 6) is 0. The van der Waals surface area contributed by atoms with Crippen LogP contribution in [0.1, 0.15) is 63.1 Å². The van der Waals surface area contributed by atoms with E-state index in [2.05, 4.69) is 44.3 Å². The molecule has 0 radical (unpaired) electrons. The molecule has 1 nitrogen and oxygen atoms in total. The maximum absolute atomic E-state index is 3.65. The van der Waals surface area contributed by atoms with Crippen LogP contribution in [0.2, 0.25) is 0 Å². The molecule has 0 spiro atoms. The highest BCUT2D eigenvalue weighted by molar-refractivity contribution is 5.35. The topological polar surface area (TPSA) is 12.0 Å². The SMILES string of the molecule is CCCNCC(CC)(CC)Cc1ccc2c(c1)CCC2. The van der Waals surface area contributed by atoms with Gasteiger partial charge < -0.3 is 5.32 Å². The van der Waals surface area contributed by atoms with Gasteiger partial charge in [0.2, 0.25) is 0 Å². The van der Waals surface area contributed by atoms with Crippen molar-refractivity contribution in [2.75, 3.05) is 13.1 Å². The zero-order valence-corrected chi connectivity index (χ0v) is 13.6. The first kappa shape index (κ1) is 15.6. The molecule has 112 valence electrons. The van der Waals surface area contributed by atoms with Gasteiger partial charge in [-0.2, -0.15) is 0 Å². The first-order valence-corrected chi connectivity index (χ1v) is 8.54. The van der Waals surface area contributed by atoms with Crippen molar-refractivity contribution in [2.45, 2.75) is 65.7 Å². The van der Waals surface area contributed by atoms with E-state index in [4.69, 9.17) is 0 Å². The predicted octanol–water partition coefficient (Wildman–Crippen LogP) is 4.52. The third kappa shape index (κ3) is 3.63. The average Bonchev–Trinajstić information content (AvgIpc) is 2.94. The van der Waals surface area contributed by atoms with Gasteiger partial charge in [-0.05, 0) is 73.6 Å². The lowest BCUT2D eigenvalue weighted by atomic mass is 9.76.